The van der Waals surface area contributed by atoms with Crippen LogP contribution in [0.2, 0.25) is 0 Å². The molecule has 332 valence electrons. The standard InChI is InChI=1S/C51H93NO5/c1-4-7-10-13-16-19-21-23-25-27-29-32-35-38-41-44-51(56)57-47(42-39-36-33-30-18-15-12-9-6-3)45-50(55)52-48(46-53)49(54)43-40-37-34-31-28-26-24-22-20-17-14-11-8-5-2/h7,10,13,15-16,18-19,21,47-49,53-54H,4-6,8-9,11-12,14,17,20,22-46H2,1-3H3,(H,52,55)/b10-7+,16-13+,18-15-,21-19+. The van der Waals surface area contributed by atoms with E-state index in [1.807, 2.05) is 0 Å². The van der Waals surface area contributed by atoms with Crippen LogP contribution in [0.4, 0.5) is 0 Å². The molecule has 3 atom stereocenters. The second-order valence-electron chi connectivity index (χ2n) is 16.5. The van der Waals surface area contributed by atoms with Gasteiger partial charge in [0.1, 0.15) is 6.10 Å². The lowest BCUT2D eigenvalue weighted by Gasteiger charge is -2.24. The Bertz CT molecular complexity index is 988. The highest BCUT2D eigenvalue weighted by molar-refractivity contribution is 5.77. The van der Waals surface area contributed by atoms with Gasteiger partial charge in [-0.3, -0.25) is 9.59 Å². The van der Waals surface area contributed by atoms with Crippen molar-refractivity contribution in [1.82, 2.24) is 5.32 Å². The van der Waals surface area contributed by atoms with Crippen molar-refractivity contribution in [3.63, 3.8) is 0 Å². The molecule has 0 saturated heterocycles. The molecule has 0 heterocycles. The summed E-state index contributed by atoms with van der Waals surface area (Å²) in [6.07, 6.45) is 53.2. The summed E-state index contributed by atoms with van der Waals surface area (Å²) in [7, 11) is 0. The molecule has 6 heteroatoms. The lowest BCUT2D eigenvalue weighted by Crippen LogP contribution is -2.46. The maximum atomic E-state index is 13.1. The Morgan fingerprint density at radius 3 is 1.54 bits per heavy atom. The SMILES string of the molecule is CC/C=C/C=C/C=C/CCCCCCCCCC(=O)OC(CCCCC/C=C\CCCC)CC(=O)NC(CO)C(O)CCCCCCCCCCCCCCCC. The van der Waals surface area contributed by atoms with Crippen molar-refractivity contribution >= 4 is 11.9 Å². The van der Waals surface area contributed by atoms with Gasteiger partial charge in [0.25, 0.3) is 0 Å². The van der Waals surface area contributed by atoms with Gasteiger partial charge in [-0.05, 0) is 64.2 Å². The maximum Gasteiger partial charge on any atom is 0.306 e. The van der Waals surface area contributed by atoms with Crippen molar-refractivity contribution in [3.05, 3.63) is 48.6 Å². The van der Waals surface area contributed by atoms with Crippen LogP contribution in [0.25, 0.3) is 0 Å². The number of amides is 1. The zero-order chi connectivity index (χ0) is 41.7. The van der Waals surface area contributed by atoms with Crippen LogP contribution in [0.1, 0.15) is 239 Å². The molecule has 0 aliphatic rings. The molecule has 0 fully saturated rings. The van der Waals surface area contributed by atoms with Crippen molar-refractivity contribution in [2.24, 2.45) is 0 Å². The van der Waals surface area contributed by atoms with Crippen LogP contribution in [-0.4, -0.2) is 46.9 Å². The summed E-state index contributed by atoms with van der Waals surface area (Å²) in [4.78, 5) is 26.0. The maximum absolute atomic E-state index is 13.1. The van der Waals surface area contributed by atoms with Crippen molar-refractivity contribution in [2.75, 3.05) is 6.61 Å². The van der Waals surface area contributed by atoms with E-state index in [1.54, 1.807) is 0 Å². The van der Waals surface area contributed by atoms with E-state index in [1.165, 1.54) is 109 Å². The Kier molecular flexibility index (Phi) is 43.2. The van der Waals surface area contributed by atoms with E-state index in [4.69, 9.17) is 4.74 Å². The Morgan fingerprint density at radius 1 is 0.526 bits per heavy atom. The van der Waals surface area contributed by atoms with Crippen LogP contribution >= 0.6 is 0 Å². The number of hydrogen-bond acceptors (Lipinski definition) is 5. The van der Waals surface area contributed by atoms with Gasteiger partial charge in [-0.1, -0.05) is 211 Å². The van der Waals surface area contributed by atoms with Gasteiger partial charge in [-0.25, -0.2) is 0 Å². The molecule has 57 heavy (non-hydrogen) atoms. The number of aliphatic hydroxyl groups excluding tert-OH is 2. The molecule has 0 aromatic rings. The lowest BCUT2D eigenvalue weighted by atomic mass is 10.0. The molecule has 0 radical (unpaired) electrons. The van der Waals surface area contributed by atoms with E-state index >= 15 is 0 Å². The minimum atomic E-state index is -0.792. The molecule has 3 N–H and O–H groups in total. The quantitative estimate of drug-likeness (QED) is 0.0247. The predicted octanol–water partition coefficient (Wildman–Crippen LogP) is 14.3. The van der Waals surface area contributed by atoms with Crippen LogP contribution in [-0.2, 0) is 14.3 Å². The van der Waals surface area contributed by atoms with E-state index in [9.17, 15) is 19.8 Å². The van der Waals surface area contributed by atoms with Gasteiger partial charge in [-0.2, -0.15) is 0 Å². The minimum absolute atomic E-state index is 0.0616. The smallest absolute Gasteiger partial charge is 0.306 e. The molecule has 6 nitrogen and oxygen atoms in total. The van der Waals surface area contributed by atoms with Crippen LogP contribution in [0.3, 0.4) is 0 Å². The number of esters is 1. The van der Waals surface area contributed by atoms with E-state index in [0.29, 0.717) is 19.3 Å². The summed E-state index contributed by atoms with van der Waals surface area (Å²) in [6.45, 7) is 6.30. The highest BCUT2D eigenvalue weighted by Gasteiger charge is 2.24. The lowest BCUT2D eigenvalue weighted by molar-refractivity contribution is -0.151. The largest absolute Gasteiger partial charge is 0.462 e. The molecule has 0 spiro atoms. The topological polar surface area (TPSA) is 95.9 Å². The third-order valence-electron chi connectivity index (χ3n) is 11.0. The van der Waals surface area contributed by atoms with E-state index in [0.717, 1.165) is 83.5 Å². The number of allylic oxidation sites excluding steroid dienone is 8. The number of unbranched alkanes of at least 4 members (excludes halogenated alkanes) is 25. The number of aliphatic hydroxyl groups is 2. The van der Waals surface area contributed by atoms with Gasteiger partial charge in [-0.15, -0.1) is 0 Å². The number of rotatable bonds is 43. The van der Waals surface area contributed by atoms with Crippen molar-refractivity contribution in [1.29, 1.82) is 0 Å². The second kappa shape index (κ2) is 44.9. The third kappa shape index (κ3) is 40.4. The zero-order valence-corrected chi connectivity index (χ0v) is 37.7. The molecule has 1 amide bonds. The van der Waals surface area contributed by atoms with Gasteiger partial charge in [0.05, 0.1) is 25.2 Å². The summed E-state index contributed by atoms with van der Waals surface area (Å²) >= 11 is 0. The molecule has 0 bridgehead atoms. The molecule has 0 saturated carbocycles. The highest BCUT2D eigenvalue weighted by Crippen LogP contribution is 2.17. The molecular formula is C51H93NO5. The number of ether oxygens (including phenoxy) is 1. The summed E-state index contributed by atoms with van der Waals surface area (Å²) < 4.78 is 5.89. The van der Waals surface area contributed by atoms with Gasteiger partial charge < -0.3 is 20.3 Å². The fourth-order valence-corrected chi connectivity index (χ4v) is 7.23. The molecule has 0 aliphatic heterocycles. The van der Waals surface area contributed by atoms with Gasteiger partial charge in [0, 0.05) is 6.42 Å². The van der Waals surface area contributed by atoms with Crippen LogP contribution in [0.5, 0.6) is 0 Å². The molecular weight excluding hydrogens is 707 g/mol. The van der Waals surface area contributed by atoms with Crippen molar-refractivity contribution in [2.45, 2.75) is 257 Å². The van der Waals surface area contributed by atoms with Crippen LogP contribution in [0.15, 0.2) is 48.6 Å². The average molecular weight is 800 g/mol. The minimum Gasteiger partial charge on any atom is -0.462 e. The predicted molar refractivity (Wildman–Crippen MR) is 245 cm³/mol. The first-order valence-electron chi connectivity index (χ1n) is 24.4. The Balaban J connectivity index is 4.50. The molecule has 0 aliphatic carbocycles. The first kappa shape index (κ1) is 54.8. The monoisotopic (exact) mass is 800 g/mol. The summed E-state index contributed by atoms with van der Waals surface area (Å²) in [5.74, 6) is -0.504. The average Bonchev–Trinajstić information content (AvgIpc) is 3.20. The second-order valence-corrected chi connectivity index (χ2v) is 16.5. The molecule has 0 rings (SSSR count). The normalized spacial score (nSPS) is 13.7. The Labute approximate surface area is 353 Å². The Hall–Kier alpha value is -2.18. The Morgan fingerprint density at radius 2 is 0.982 bits per heavy atom. The summed E-state index contributed by atoms with van der Waals surface area (Å²) in [6, 6.07) is -0.707. The molecule has 0 aromatic carbocycles. The first-order valence-corrected chi connectivity index (χ1v) is 24.4. The third-order valence-corrected chi connectivity index (χ3v) is 11.0. The van der Waals surface area contributed by atoms with Crippen LogP contribution in [0, 0.1) is 0 Å². The number of hydrogen-bond donors (Lipinski definition) is 3. The van der Waals surface area contributed by atoms with Gasteiger partial charge in [0.15, 0.2) is 0 Å². The van der Waals surface area contributed by atoms with E-state index in [2.05, 4.69) is 74.7 Å². The van der Waals surface area contributed by atoms with Gasteiger partial charge in [0.2, 0.25) is 5.91 Å². The van der Waals surface area contributed by atoms with Crippen molar-refractivity contribution in [3.8, 4) is 0 Å². The fourth-order valence-electron chi connectivity index (χ4n) is 7.23. The number of carbonyl (C=O) groups excluding carboxylic acids is 2. The summed E-state index contributed by atoms with van der Waals surface area (Å²) in [5.41, 5.74) is 0. The summed E-state index contributed by atoms with van der Waals surface area (Å²) in [5, 5.41) is 23.7. The molecule has 3 unspecified atom stereocenters. The zero-order valence-electron chi connectivity index (χ0n) is 37.7. The highest BCUT2D eigenvalue weighted by atomic mass is 16.5. The molecule has 0 aromatic heterocycles. The number of carbonyl (C=O) groups is 2. The van der Waals surface area contributed by atoms with Gasteiger partial charge >= 0.3 is 5.97 Å². The van der Waals surface area contributed by atoms with Crippen LogP contribution < -0.4 is 5.32 Å². The fraction of sp³-hybridized carbons (Fsp3) is 0.804. The van der Waals surface area contributed by atoms with Crippen molar-refractivity contribution < 1.29 is 24.5 Å². The first-order chi connectivity index (χ1) is 28.0. The van der Waals surface area contributed by atoms with E-state index in [-0.39, 0.29) is 24.9 Å². The number of nitrogens with one attached hydrogen (secondary N) is 1. The van der Waals surface area contributed by atoms with E-state index < -0.39 is 18.2 Å².